The topological polar surface area (TPSA) is 12.0 Å². The Bertz CT molecular complexity index is 464. The van der Waals surface area contributed by atoms with Crippen LogP contribution in [0.2, 0.25) is 5.02 Å². The van der Waals surface area contributed by atoms with Crippen molar-refractivity contribution in [2.75, 3.05) is 6.54 Å². The van der Waals surface area contributed by atoms with Crippen LogP contribution >= 0.6 is 11.6 Å². The van der Waals surface area contributed by atoms with Crippen molar-refractivity contribution >= 4 is 11.6 Å². The lowest BCUT2D eigenvalue weighted by Gasteiger charge is -2.18. The van der Waals surface area contributed by atoms with Crippen LogP contribution in [0.15, 0.2) is 54.6 Å². The Kier molecular flexibility index (Phi) is 4.80. The zero-order chi connectivity index (χ0) is 12.8. The molecule has 1 N–H and O–H groups in total. The van der Waals surface area contributed by atoms with E-state index in [4.69, 9.17) is 11.6 Å². The summed E-state index contributed by atoms with van der Waals surface area (Å²) in [7, 11) is 0. The lowest BCUT2D eigenvalue weighted by molar-refractivity contribution is 0.550. The fraction of sp³-hybridized carbons (Fsp3) is 0.250. The number of halogens is 1. The van der Waals surface area contributed by atoms with Gasteiger partial charge in [0.25, 0.3) is 0 Å². The Morgan fingerprint density at radius 3 is 2.28 bits per heavy atom. The summed E-state index contributed by atoms with van der Waals surface area (Å²) in [5, 5.41) is 4.31. The van der Waals surface area contributed by atoms with E-state index in [0.717, 1.165) is 18.0 Å². The fourth-order valence-corrected chi connectivity index (χ4v) is 2.23. The zero-order valence-electron chi connectivity index (χ0n) is 10.6. The van der Waals surface area contributed by atoms with Crippen molar-refractivity contribution in [2.24, 2.45) is 0 Å². The van der Waals surface area contributed by atoms with Crippen LogP contribution in [0.1, 0.15) is 24.1 Å². The predicted octanol–water partition coefficient (Wildman–Crippen LogP) is 4.23. The Labute approximate surface area is 114 Å². The minimum atomic E-state index is 0.342. The van der Waals surface area contributed by atoms with E-state index in [-0.39, 0.29) is 0 Å². The van der Waals surface area contributed by atoms with Crippen molar-refractivity contribution < 1.29 is 0 Å². The second-order valence-corrected chi connectivity index (χ2v) is 4.79. The first kappa shape index (κ1) is 13.1. The average molecular weight is 260 g/mol. The number of rotatable bonds is 5. The summed E-state index contributed by atoms with van der Waals surface area (Å²) in [4.78, 5) is 0. The minimum absolute atomic E-state index is 0.342. The number of hydrogen-bond donors (Lipinski definition) is 1. The van der Waals surface area contributed by atoms with Crippen LogP contribution in [-0.2, 0) is 6.42 Å². The lowest BCUT2D eigenvalue weighted by Crippen LogP contribution is -2.22. The van der Waals surface area contributed by atoms with E-state index < -0.39 is 0 Å². The van der Waals surface area contributed by atoms with Gasteiger partial charge in [0.05, 0.1) is 0 Å². The highest BCUT2D eigenvalue weighted by Crippen LogP contribution is 2.20. The zero-order valence-corrected chi connectivity index (χ0v) is 11.3. The maximum Gasteiger partial charge on any atom is 0.0406 e. The summed E-state index contributed by atoms with van der Waals surface area (Å²) in [6, 6.07) is 19.0. The van der Waals surface area contributed by atoms with Crippen molar-refractivity contribution in [3.05, 3.63) is 70.7 Å². The van der Waals surface area contributed by atoms with E-state index in [9.17, 15) is 0 Å². The molecule has 18 heavy (non-hydrogen) atoms. The number of nitrogens with one attached hydrogen (secondary N) is 1. The molecule has 2 aromatic carbocycles. The van der Waals surface area contributed by atoms with Gasteiger partial charge in [0.15, 0.2) is 0 Å². The molecule has 0 radical (unpaired) electrons. The van der Waals surface area contributed by atoms with Crippen LogP contribution in [0.4, 0.5) is 0 Å². The second-order valence-electron chi connectivity index (χ2n) is 4.35. The van der Waals surface area contributed by atoms with Gasteiger partial charge in [0, 0.05) is 11.1 Å². The summed E-state index contributed by atoms with van der Waals surface area (Å²) < 4.78 is 0. The van der Waals surface area contributed by atoms with Crippen LogP contribution in [0, 0.1) is 0 Å². The first-order chi connectivity index (χ1) is 8.79. The van der Waals surface area contributed by atoms with Crippen LogP contribution in [0.25, 0.3) is 0 Å². The second kappa shape index (κ2) is 6.58. The van der Waals surface area contributed by atoms with E-state index in [1.165, 1.54) is 11.1 Å². The van der Waals surface area contributed by atoms with Crippen LogP contribution in [-0.4, -0.2) is 6.54 Å². The predicted molar refractivity (Wildman–Crippen MR) is 78.0 cm³/mol. The van der Waals surface area contributed by atoms with Gasteiger partial charge in [-0.25, -0.2) is 0 Å². The maximum atomic E-state index is 5.93. The summed E-state index contributed by atoms with van der Waals surface area (Å²) in [5.74, 6) is 0. The molecule has 0 heterocycles. The molecule has 2 aromatic rings. The number of benzene rings is 2. The van der Waals surface area contributed by atoms with Gasteiger partial charge >= 0.3 is 0 Å². The highest BCUT2D eigenvalue weighted by Gasteiger charge is 2.10. The van der Waals surface area contributed by atoms with E-state index >= 15 is 0 Å². The number of likely N-dealkylation sites (N-methyl/N-ethyl adjacent to an activating group) is 1. The fourth-order valence-electron chi connectivity index (χ4n) is 2.10. The third-order valence-corrected chi connectivity index (χ3v) is 3.26. The minimum Gasteiger partial charge on any atom is -0.310 e. The Hall–Kier alpha value is -1.31. The Morgan fingerprint density at radius 1 is 1.00 bits per heavy atom. The highest BCUT2D eigenvalue weighted by molar-refractivity contribution is 6.30. The summed E-state index contributed by atoms with van der Waals surface area (Å²) in [6.45, 7) is 3.09. The van der Waals surface area contributed by atoms with Crippen molar-refractivity contribution in [2.45, 2.75) is 19.4 Å². The molecular weight excluding hydrogens is 242 g/mol. The van der Waals surface area contributed by atoms with Crippen molar-refractivity contribution in [3.63, 3.8) is 0 Å². The van der Waals surface area contributed by atoms with Gasteiger partial charge in [-0.3, -0.25) is 0 Å². The smallest absolute Gasteiger partial charge is 0.0406 e. The SMILES string of the molecule is CCNC(Cc1ccccc1)c1ccc(Cl)cc1. The molecule has 0 aliphatic carbocycles. The summed E-state index contributed by atoms with van der Waals surface area (Å²) in [5.41, 5.74) is 2.63. The van der Waals surface area contributed by atoms with Gasteiger partial charge in [-0.2, -0.15) is 0 Å². The standard InChI is InChI=1S/C16H18ClN/c1-2-18-16(12-13-6-4-3-5-7-13)14-8-10-15(17)11-9-14/h3-11,16,18H,2,12H2,1H3. The van der Waals surface area contributed by atoms with Gasteiger partial charge in [-0.15, -0.1) is 0 Å². The molecule has 2 heteroatoms. The summed E-state index contributed by atoms with van der Waals surface area (Å²) >= 11 is 5.93. The molecule has 0 saturated carbocycles. The van der Waals surface area contributed by atoms with Gasteiger partial charge < -0.3 is 5.32 Å². The van der Waals surface area contributed by atoms with E-state index in [2.05, 4.69) is 48.6 Å². The van der Waals surface area contributed by atoms with Gasteiger partial charge in [0.2, 0.25) is 0 Å². The lowest BCUT2D eigenvalue weighted by atomic mass is 9.99. The molecule has 0 spiro atoms. The molecule has 0 aliphatic heterocycles. The van der Waals surface area contributed by atoms with Gasteiger partial charge in [0.1, 0.15) is 0 Å². The van der Waals surface area contributed by atoms with E-state index in [1.54, 1.807) is 0 Å². The molecule has 0 saturated heterocycles. The normalized spacial score (nSPS) is 12.3. The van der Waals surface area contributed by atoms with Crippen LogP contribution < -0.4 is 5.32 Å². The quantitative estimate of drug-likeness (QED) is 0.847. The van der Waals surface area contributed by atoms with Gasteiger partial charge in [-0.05, 0) is 36.2 Å². The molecule has 0 amide bonds. The van der Waals surface area contributed by atoms with Crippen molar-refractivity contribution in [3.8, 4) is 0 Å². The monoisotopic (exact) mass is 259 g/mol. The molecule has 1 nitrogen and oxygen atoms in total. The van der Waals surface area contributed by atoms with Crippen LogP contribution in [0.3, 0.4) is 0 Å². The molecule has 0 aliphatic rings. The molecule has 0 aromatic heterocycles. The van der Waals surface area contributed by atoms with E-state index in [1.807, 2.05) is 18.2 Å². The molecule has 0 fully saturated rings. The molecular formula is C16H18ClN. The molecule has 1 unspecified atom stereocenters. The van der Waals surface area contributed by atoms with E-state index in [0.29, 0.717) is 6.04 Å². The van der Waals surface area contributed by atoms with Crippen LogP contribution in [0.5, 0.6) is 0 Å². The third kappa shape index (κ3) is 3.59. The Morgan fingerprint density at radius 2 is 1.67 bits per heavy atom. The number of hydrogen-bond acceptors (Lipinski definition) is 1. The molecule has 94 valence electrons. The summed E-state index contributed by atoms with van der Waals surface area (Å²) in [6.07, 6.45) is 0.996. The molecule has 1 atom stereocenters. The maximum absolute atomic E-state index is 5.93. The van der Waals surface area contributed by atoms with Crippen molar-refractivity contribution in [1.82, 2.24) is 5.32 Å². The largest absolute Gasteiger partial charge is 0.310 e. The third-order valence-electron chi connectivity index (χ3n) is 3.01. The first-order valence-corrected chi connectivity index (χ1v) is 6.70. The average Bonchev–Trinajstić information content (AvgIpc) is 2.40. The highest BCUT2D eigenvalue weighted by atomic mass is 35.5. The molecule has 2 rings (SSSR count). The van der Waals surface area contributed by atoms with Crippen molar-refractivity contribution in [1.29, 1.82) is 0 Å². The molecule has 0 bridgehead atoms. The first-order valence-electron chi connectivity index (χ1n) is 6.32. The Balaban J connectivity index is 2.15. The van der Waals surface area contributed by atoms with Gasteiger partial charge in [-0.1, -0.05) is 61.0 Å².